The third-order valence-corrected chi connectivity index (χ3v) is 7.21. The highest BCUT2D eigenvalue weighted by atomic mass is 16.5. The van der Waals surface area contributed by atoms with Crippen molar-refractivity contribution < 1.29 is 24.2 Å². The molecular formula is C28H34N2O5. The van der Waals surface area contributed by atoms with E-state index in [0.29, 0.717) is 38.6 Å². The number of benzene rings is 2. The van der Waals surface area contributed by atoms with Crippen LogP contribution in [0.3, 0.4) is 0 Å². The maximum absolute atomic E-state index is 12.4. The van der Waals surface area contributed by atoms with Gasteiger partial charge in [0.2, 0.25) is 5.91 Å². The first-order chi connectivity index (χ1) is 17.0. The zero-order chi connectivity index (χ0) is 24.8. The van der Waals surface area contributed by atoms with Gasteiger partial charge in [-0.1, -0.05) is 68.3 Å². The zero-order valence-corrected chi connectivity index (χ0v) is 20.2. The number of aliphatic carboxylic acids is 1. The van der Waals surface area contributed by atoms with Gasteiger partial charge in [-0.3, -0.25) is 9.59 Å². The van der Waals surface area contributed by atoms with Crippen molar-refractivity contribution in [3.8, 4) is 11.1 Å². The number of hydrogen-bond acceptors (Lipinski definition) is 4. The van der Waals surface area contributed by atoms with Crippen LogP contribution in [-0.4, -0.2) is 54.2 Å². The summed E-state index contributed by atoms with van der Waals surface area (Å²) in [6, 6.07) is 16.5. The van der Waals surface area contributed by atoms with E-state index in [1.54, 1.807) is 4.90 Å². The number of carbonyl (C=O) groups is 3. The van der Waals surface area contributed by atoms with E-state index in [9.17, 15) is 14.4 Å². The molecule has 0 aromatic heterocycles. The first-order valence-corrected chi connectivity index (χ1v) is 12.6. The predicted octanol–water partition coefficient (Wildman–Crippen LogP) is 4.65. The van der Waals surface area contributed by atoms with Gasteiger partial charge in [-0.05, 0) is 41.0 Å². The highest BCUT2D eigenvalue weighted by Gasteiger charge is 2.35. The van der Waals surface area contributed by atoms with Gasteiger partial charge in [0.1, 0.15) is 6.61 Å². The molecule has 2 amide bonds. The van der Waals surface area contributed by atoms with Crippen LogP contribution in [0.5, 0.6) is 0 Å². The van der Waals surface area contributed by atoms with Crippen LogP contribution in [0.2, 0.25) is 0 Å². The lowest BCUT2D eigenvalue weighted by atomic mass is 9.93. The molecule has 0 saturated carbocycles. The number of nitrogens with one attached hydrogen (secondary N) is 1. The lowest BCUT2D eigenvalue weighted by molar-refractivity contribution is -0.152. The number of fused-ring (bicyclic) bond motifs is 3. The van der Waals surface area contributed by atoms with Crippen LogP contribution in [-0.2, 0) is 14.3 Å². The fourth-order valence-corrected chi connectivity index (χ4v) is 5.19. The summed E-state index contributed by atoms with van der Waals surface area (Å²) in [6.45, 7) is 3.53. The van der Waals surface area contributed by atoms with E-state index in [-0.39, 0.29) is 11.8 Å². The Balaban J connectivity index is 1.20. The smallest absolute Gasteiger partial charge is 0.407 e. The molecule has 1 fully saturated rings. The molecule has 4 rings (SSSR count). The molecule has 0 radical (unpaired) electrons. The number of hydrogen-bond donors (Lipinski definition) is 2. The van der Waals surface area contributed by atoms with Crippen molar-refractivity contribution in [2.45, 2.75) is 44.9 Å². The molecule has 2 aromatic rings. The summed E-state index contributed by atoms with van der Waals surface area (Å²) in [5.41, 5.74) is 4.77. The SMILES string of the molecule is CCCC(CCNC(=O)OCC1c2ccccc2-c2ccccc21)CCC(=O)N1CC(C(=O)O)C1. The molecule has 1 unspecified atom stereocenters. The summed E-state index contributed by atoms with van der Waals surface area (Å²) in [7, 11) is 0. The lowest BCUT2D eigenvalue weighted by Crippen LogP contribution is -2.53. The first-order valence-electron chi connectivity index (χ1n) is 12.6. The quantitative estimate of drug-likeness (QED) is 0.490. The predicted molar refractivity (Wildman–Crippen MR) is 133 cm³/mol. The first kappa shape index (κ1) is 24.8. The summed E-state index contributed by atoms with van der Waals surface area (Å²) in [4.78, 5) is 37.3. The molecule has 0 spiro atoms. The molecule has 2 aliphatic rings. The second kappa shape index (κ2) is 11.4. The number of carboxylic acid groups (broad SMARTS) is 1. The topological polar surface area (TPSA) is 95.9 Å². The van der Waals surface area contributed by atoms with Crippen molar-refractivity contribution in [2.75, 3.05) is 26.2 Å². The molecule has 1 aliphatic carbocycles. The van der Waals surface area contributed by atoms with Gasteiger partial charge in [-0.2, -0.15) is 0 Å². The summed E-state index contributed by atoms with van der Waals surface area (Å²) >= 11 is 0. The Hall–Kier alpha value is -3.35. The van der Waals surface area contributed by atoms with Crippen LogP contribution in [0.15, 0.2) is 48.5 Å². The van der Waals surface area contributed by atoms with E-state index < -0.39 is 18.0 Å². The Morgan fingerprint density at radius 3 is 2.23 bits per heavy atom. The van der Waals surface area contributed by atoms with Crippen molar-refractivity contribution in [1.82, 2.24) is 10.2 Å². The largest absolute Gasteiger partial charge is 0.481 e. The summed E-state index contributed by atoms with van der Waals surface area (Å²) in [6.07, 6.45) is 3.52. The second-order valence-corrected chi connectivity index (χ2v) is 9.57. The molecular weight excluding hydrogens is 444 g/mol. The fourth-order valence-electron chi connectivity index (χ4n) is 5.19. The molecule has 7 heteroatoms. The Labute approximate surface area is 206 Å². The minimum Gasteiger partial charge on any atom is -0.481 e. The maximum atomic E-state index is 12.4. The van der Waals surface area contributed by atoms with Gasteiger partial charge >= 0.3 is 12.1 Å². The maximum Gasteiger partial charge on any atom is 0.407 e. The Morgan fingerprint density at radius 2 is 1.63 bits per heavy atom. The Morgan fingerprint density at radius 1 is 1.00 bits per heavy atom. The molecule has 186 valence electrons. The monoisotopic (exact) mass is 478 g/mol. The van der Waals surface area contributed by atoms with Gasteiger partial charge in [0.05, 0.1) is 5.92 Å². The molecule has 35 heavy (non-hydrogen) atoms. The number of rotatable bonds is 11. The van der Waals surface area contributed by atoms with Crippen LogP contribution in [0.1, 0.15) is 56.1 Å². The number of likely N-dealkylation sites (tertiary alicyclic amines) is 1. The van der Waals surface area contributed by atoms with Crippen molar-refractivity contribution in [1.29, 1.82) is 0 Å². The van der Waals surface area contributed by atoms with Crippen LogP contribution in [0, 0.1) is 11.8 Å². The van der Waals surface area contributed by atoms with E-state index in [4.69, 9.17) is 9.84 Å². The number of amides is 2. The van der Waals surface area contributed by atoms with Crippen LogP contribution in [0.4, 0.5) is 4.79 Å². The lowest BCUT2D eigenvalue weighted by Gasteiger charge is -2.37. The van der Waals surface area contributed by atoms with Crippen LogP contribution in [0.25, 0.3) is 11.1 Å². The van der Waals surface area contributed by atoms with Crippen LogP contribution >= 0.6 is 0 Å². The normalized spacial score (nSPS) is 15.6. The zero-order valence-electron chi connectivity index (χ0n) is 20.2. The number of ether oxygens (including phenoxy) is 1. The average Bonchev–Trinajstić information content (AvgIpc) is 3.14. The van der Waals surface area contributed by atoms with Gasteiger partial charge in [0, 0.05) is 32.0 Å². The molecule has 1 atom stereocenters. The highest BCUT2D eigenvalue weighted by Crippen LogP contribution is 2.44. The van der Waals surface area contributed by atoms with E-state index in [0.717, 1.165) is 25.7 Å². The van der Waals surface area contributed by atoms with E-state index in [1.165, 1.54) is 22.3 Å². The molecule has 1 heterocycles. The summed E-state index contributed by atoms with van der Waals surface area (Å²) < 4.78 is 5.60. The van der Waals surface area contributed by atoms with Crippen molar-refractivity contribution in [2.24, 2.45) is 11.8 Å². The highest BCUT2D eigenvalue weighted by molar-refractivity contribution is 5.81. The number of carbonyl (C=O) groups excluding carboxylic acids is 2. The second-order valence-electron chi connectivity index (χ2n) is 9.57. The number of alkyl carbamates (subject to hydrolysis) is 1. The van der Waals surface area contributed by atoms with Crippen LogP contribution < -0.4 is 5.32 Å². The third kappa shape index (κ3) is 5.84. The molecule has 2 aromatic carbocycles. The third-order valence-electron chi connectivity index (χ3n) is 7.21. The van der Waals surface area contributed by atoms with Gasteiger partial charge in [-0.25, -0.2) is 4.79 Å². The molecule has 7 nitrogen and oxygen atoms in total. The van der Waals surface area contributed by atoms with Gasteiger partial charge < -0.3 is 20.1 Å². The van der Waals surface area contributed by atoms with E-state index in [2.05, 4.69) is 36.5 Å². The minimum atomic E-state index is -0.836. The minimum absolute atomic E-state index is 0.0214. The number of nitrogens with zero attached hydrogens (tertiary/aromatic N) is 1. The molecule has 0 bridgehead atoms. The van der Waals surface area contributed by atoms with E-state index in [1.807, 2.05) is 24.3 Å². The fraction of sp³-hybridized carbons (Fsp3) is 0.464. The standard InChI is InChI=1S/C28H34N2O5/c1-2-7-19(12-13-26(31)30-16-20(17-30)27(32)33)14-15-29-28(34)35-18-25-23-10-5-3-8-21(23)22-9-4-6-11-24(22)25/h3-6,8-11,19-20,25H,2,7,12-18H2,1H3,(H,29,34)(H,32,33). The number of carboxylic acids is 1. The van der Waals surface area contributed by atoms with Crippen molar-refractivity contribution >= 4 is 18.0 Å². The van der Waals surface area contributed by atoms with Gasteiger partial charge in [-0.15, -0.1) is 0 Å². The van der Waals surface area contributed by atoms with Crippen molar-refractivity contribution in [3.05, 3.63) is 59.7 Å². The van der Waals surface area contributed by atoms with Gasteiger partial charge in [0.15, 0.2) is 0 Å². The molecule has 1 aliphatic heterocycles. The Bertz CT molecular complexity index is 1020. The van der Waals surface area contributed by atoms with Crippen molar-refractivity contribution in [3.63, 3.8) is 0 Å². The molecule has 2 N–H and O–H groups in total. The average molecular weight is 479 g/mol. The molecule has 1 saturated heterocycles. The summed E-state index contributed by atoms with van der Waals surface area (Å²) in [5, 5.41) is 11.8. The van der Waals surface area contributed by atoms with E-state index >= 15 is 0 Å². The van der Waals surface area contributed by atoms with Gasteiger partial charge in [0.25, 0.3) is 0 Å². The summed E-state index contributed by atoms with van der Waals surface area (Å²) in [5.74, 6) is -0.874. The Kier molecular flexibility index (Phi) is 8.06.